The van der Waals surface area contributed by atoms with Gasteiger partial charge in [-0.25, -0.2) is 4.79 Å². The fourth-order valence-electron chi connectivity index (χ4n) is 2.04. The monoisotopic (exact) mass is 367 g/mol. The maximum atomic E-state index is 12.1. The van der Waals surface area contributed by atoms with E-state index in [-0.39, 0.29) is 18.9 Å². The minimum absolute atomic E-state index is 0.166. The molecule has 1 N–H and O–H groups in total. The number of amides is 1. The third-order valence-electron chi connectivity index (χ3n) is 3.44. The van der Waals surface area contributed by atoms with Gasteiger partial charge in [0.1, 0.15) is 10.8 Å². The minimum atomic E-state index is -0.454. The number of carbonyl (C=O) groups is 2. The standard InChI is InChI=1S/C17H18ClNO4S/c1-10-11(2)24-16(15(10)17(21)22-3)19-14(20)8-9-23-13-6-4-12(18)5-7-13/h4-7H,8-9H2,1-3H3,(H,19,20). The second-order valence-electron chi connectivity index (χ2n) is 5.08. The molecule has 1 heterocycles. The number of aryl methyl sites for hydroxylation is 1. The molecule has 5 nitrogen and oxygen atoms in total. The normalized spacial score (nSPS) is 10.3. The van der Waals surface area contributed by atoms with Crippen LogP contribution >= 0.6 is 22.9 Å². The minimum Gasteiger partial charge on any atom is -0.493 e. The molecule has 1 aromatic heterocycles. The van der Waals surface area contributed by atoms with Gasteiger partial charge < -0.3 is 14.8 Å². The average molecular weight is 368 g/mol. The molecule has 24 heavy (non-hydrogen) atoms. The second kappa shape index (κ2) is 8.17. The number of carbonyl (C=O) groups excluding carboxylic acids is 2. The Balaban J connectivity index is 1.94. The van der Waals surface area contributed by atoms with Crippen molar-refractivity contribution >= 4 is 39.8 Å². The van der Waals surface area contributed by atoms with Gasteiger partial charge in [-0.05, 0) is 43.7 Å². The molecule has 0 aliphatic rings. The maximum absolute atomic E-state index is 12.1. The quantitative estimate of drug-likeness (QED) is 0.776. The Morgan fingerprint density at radius 1 is 1.21 bits per heavy atom. The van der Waals surface area contributed by atoms with E-state index in [1.54, 1.807) is 24.3 Å². The van der Waals surface area contributed by atoms with Gasteiger partial charge in [-0.2, -0.15) is 0 Å². The van der Waals surface area contributed by atoms with Gasteiger partial charge in [0.15, 0.2) is 0 Å². The van der Waals surface area contributed by atoms with E-state index in [0.717, 1.165) is 10.4 Å². The zero-order chi connectivity index (χ0) is 17.7. The Bertz CT molecular complexity index is 740. The zero-order valence-electron chi connectivity index (χ0n) is 13.6. The van der Waals surface area contributed by atoms with Crippen LogP contribution in [0.3, 0.4) is 0 Å². The lowest BCUT2D eigenvalue weighted by molar-refractivity contribution is -0.116. The molecule has 0 bridgehead atoms. The summed E-state index contributed by atoms with van der Waals surface area (Å²) in [5.41, 5.74) is 1.23. The third kappa shape index (κ3) is 4.49. The summed E-state index contributed by atoms with van der Waals surface area (Å²) in [4.78, 5) is 24.9. The molecular formula is C17H18ClNO4S. The van der Waals surface area contributed by atoms with Crippen molar-refractivity contribution in [3.05, 3.63) is 45.3 Å². The molecular weight excluding hydrogens is 350 g/mol. The van der Waals surface area contributed by atoms with E-state index in [2.05, 4.69) is 5.32 Å². The average Bonchev–Trinajstić information content (AvgIpc) is 2.83. The molecule has 0 spiro atoms. The van der Waals surface area contributed by atoms with Gasteiger partial charge in [0.2, 0.25) is 5.91 Å². The number of methoxy groups -OCH3 is 1. The molecule has 0 radical (unpaired) electrons. The van der Waals surface area contributed by atoms with Crippen molar-refractivity contribution in [2.45, 2.75) is 20.3 Å². The number of thiophene rings is 1. The van der Waals surface area contributed by atoms with Crippen molar-refractivity contribution in [2.24, 2.45) is 0 Å². The molecule has 0 aliphatic heterocycles. The van der Waals surface area contributed by atoms with E-state index in [0.29, 0.717) is 21.3 Å². The number of rotatable bonds is 6. The van der Waals surface area contributed by atoms with Crippen LogP contribution in [0.25, 0.3) is 0 Å². The van der Waals surface area contributed by atoms with Crippen LogP contribution in [0.1, 0.15) is 27.2 Å². The van der Waals surface area contributed by atoms with Crippen LogP contribution in [0.2, 0.25) is 5.02 Å². The lowest BCUT2D eigenvalue weighted by atomic mass is 10.1. The van der Waals surface area contributed by atoms with Crippen LogP contribution in [0.15, 0.2) is 24.3 Å². The number of halogens is 1. The van der Waals surface area contributed by atoms with Gasteiger partial charge in [-0.3, -0.25) is 4.79 Å². The molecule has 0 aliphatic carbocycles. The van der Waals surface area contributed by atoms with E-state index < -0.39 is 5.97 Å². The van der Waals surface area contributed by atoms with E-state index in [4.69, 9.17) is 21.1 Å². The smallest absolute Gasteiger partial charge is 0.341 e. The van der Waals surface area contributed by atoms with E-state index >= 15 is 0 Å². The summed E-state index contributed by atoms with van der Waals surface area (Å²) in [5, 5.41) is 3.89. The molecule has 0 saturated heterocycles. The highest BCUT2D eigenvalue weighted by atomic mass is 35.5. The molecule has 0 saturated carbocycles. The Kier molecular flexibility index (Phi) is 6.23. The summed E-state index contributed by atoms with van der Waals surface area (Å²) in [7, 11) is 1.32. The SMILES string of the molecule is COC(=O)c1c(NC(=O)CCOc2ccc(Cl)cc2)sc(C)c1C. The first-order valence-electron chi connectivity index (χ1n) is 7.29. The number of nitrogens with one attached hydrogen (secondary N) is 1. The number of ether oxygens (including phenoxy) is 2. The maximum Gasteiger partial charge on any atom is 0.341 e. The molecule has 0 fully saturated rings. The molecule has 1 aromatic carbocycles. The molecule has 1 amide bonds. The highest BCUT2D eigenvalue weighted by molar-refractivity contribution is 7.16. The highest BCUT2D eigenvalue weighted by Crippen LogP contribution is 2.33. The van der Waals surface area contributed by atoms with E-state index in [1.807, 2.05) is 13.8 Å². The molecule has 2 aromatic rings. The largest absolute Gasteiger partial charge is 0.493 e. The summed E-state index contributed by atoms with van der Waals surface area (Å²) in [6.45, 7) is 3.95. The van der Waals surface area contributed by atoms with Gasteiger partial charge in [0, 0.05) is 9.90 Å². The van der Waals surface area contributed by atoms with Crippen LogP contribution in [-0.4, -0.2) is 25.6 Å². The van der Waals surface area contributed by atoms with Crippen molar-refractivity contribution in [1.29, 1.82) is 0 Å². The van der Waals surface area contributed by atoms with Crippen molar-refractivity contribution in [2.75, 3.05) is 19.0 Å². The Morgan fingerprint density at radius 2 is 1.88 bits per heavy atom. The first kappa shape index (κ1) is 18.3. The van der Waals surface area contributed by atoms with Gasteiger partial charge in [-0.1, -0.05) is 11.6 Å². The third-order valence-corrected chi connectivity index (χ3v) is 4.81. The van der Waals surface area contributed by atoms with Crippen LogP contribution in [0, 0.1) is 13.8 Å². The number of hydrogen-bond acceptors (Lipinski definition) is 5. The predicted molar refractivity (Wildman–Crippen MR) is 95.3 cm³/mol. The summed E-state index contributed by atoms with van der Waals surface area (Å²) in [6.07, 6.45) is 0.166. The number of benzene rings is 1. The highest BCUT2D eigenvalue weighted by Gasteiger charge is 2.21. The molecule has 0 atom stereocenters. The molecule has 7 heteroatoms. The number of hydrogen-bond donors (Lipinski definition) is 1. The Morgan fingerprint density at radius 3 is 2.50 bits per heavy atom. The van der Waals surface area contributed by atoms with Gasteiger partial charge >= 0.3 is 5.97 Å². The second-order valence-corrected chi connectivity index (χ2v) is 6.74. The van der Waals surface area contributed by atoms with Crippen molar-refractivity contribution in [1.82, 2.24) is 0 Å². The van der Waals surface area contributed by atoms with Gasteiger partial charge in [0.05, 0.1) is 25.7 Å². The fraction of sp³-hybridized carbons (Fsp3) is 0.294. The Labute approximate surface area is 149 Å². The zero-order valence-corrected chi connectivity index (χ0v) is 15.2. The van der Waals surface area contributed by atoms with Crippen molar-refractivity contribution in [3.63, 3.8) is 0 Å². The number of esters is 1. The van der Waals surface area contributed by atoms with Crippen molar-refractivity contribution < 1.29 is 19.1 Å². The summed E-state index contributed by atoms with van der Waals surface area (Å²) >= 11 is 7.15. The first-order chi connectivity index (χ1) is 11.4. The summed E-state index contributed by atoms with van der Waals surface area (Å²) in [5.74, 6) is -0.0369. The van der Waals surface area contributed by atoms with E-state index in [9.17, 15) is 9.59 Å². The predicted octanol–water partition coefficient (Wildman–Crippen LogP) is 4.21. The van der Waals surface area contributed by atoms with Crippen LogP contribution in [0.4, 0.5) is 5.00 Å². The van der Waals surface area contributed by atoms with Gasteiger partial charge in [-0.15, -0.1) is 11.3 Å². The fourth-order valence-corrected chi connectivity index (χ4v) is 3.24. The Hall–Kier alpha value is -2.05. The first-order valence-corrected chi connectivity index (χ1v) is 8.48. The summed E-state index contributed by atoms with van der Waals surface area (Å²) in [6, 6.07) is 6.91. The summed E-state index contributed by atoms with van der Waals surface area (Å²) < 4.78 is 10.3. The van der Waals surface area contributed by atoms with E-state index in [1.165, 1.54) is 18.4 Å². The topological polar surface area (TPSA) is 64.6 Å². The van der Waals surface area contributed by atoms with Crippen LogP contribution in [-0.2, 0) is 9.53 Å². The number of anilines is 1. The van der Waals surface area contributed by atoms with Crippen LogP contribution in [0.5, 0.6) is 5.75 Å². The lowest BCUT2D eigenvalue weighted by Gasteiger charge is -2.08. The lowest BCUT2D eigenvalue weighted by Crippen LogP contribution is -2.16. The molecule has 0 unspecified atom stereocenters. The molecule has 2 rings (SSSR count). The van der Waals surface area contributed by atoms with Gasteiger partial charge in [0.25, 0.3) is 0 Å². The molecule has 128 valence electrons. The van der Waals surface area contributed by atoms with Crippen molar-refractivity contribution in [3.8, 4) is 5.75 Å². The van der Waals surface area contributed by atoms with Crippen LogP contribution < -0.4 is 10.1 Å².